The van der Waals surface area contributed by atoms with Crippen LogP contribution in [-0.2, 0) is 0 Å². The Labute approximate surface area is 104 Å². The minimum absolute atomic E-state index is 0.557. The van der Waals surface area contributed by atoms with Gasteiger partial charge in [-0.1, -0.05) is 0 Å². The summed E-state index contributed by atoms with van der Waals surface area (Å²) in [6.45, 7) is 0. The van der Waals surface area contributed by atoms with E-state index >= 15 is 0 Å². The van der Waals surface area contributed by atoms with Crippen LogP contribution in [0.3, 0.4) is 0 Å². The molecule has 0 radical (unpaired) electrons. The fourth-order valence-electron chi connectivity index (χ4n) is 1.81. The van der Waals surface area contributed by atoms with E-state index in [0.29, 0.717) is 5.56 Å². The molecule has 0 bridgehead atoms. The van der Waals surface area contributed by atoms with Gasteiger partial charge in [0, 0.05) is 29.0 Å². The third kappa shape index (κ3) is 1.89. The van der Waals surface area contributed by atoms with Gasteiger partial charge in [0.15, 0.2) is 0 Å². The number of hydrogen-bond donors (Lipinski definition) is 2. The van der Waals surface area contributed by atoms with E-state index in [4.69, 9.17) is 5.26 Å². The number of nitriles is 1. The first-order valence-corrected chi connectivity index (χ1v) is 5.55. The first kappa shape index (κ1) is 10.4. The van der Waals surface area contributed by atoms with Gasteiger partial charge in [0.05, 0.1) is 5.56 Å². The van der Waals surface area contributed by atoms with Crippen molar-refractivity contribution < 1.29 is 0 Å². The predicted octanol–water partition coefficient (Wildman–Crippen LogP) is 3.18. The number of H-pyrrole nitrogens is 1. The van der Waals surface area contributed by atoms with Crippen molar-refractivity contribution in [3.63, 3.8) is 0 Å². The number of fused-ring (bicyclic) bond motifs is 1. The molecule has 0 saturated heterocycles. The third-order valence-corrected chi connectivity index (χ3v) is 2.72. The smallest absolute Gasteiger partial charge is 0.130 e. The van der Waals surface area contributed by atoms with Crippen molar-refractivity contribution in [3.05, 3.63) is 54.4 Å². The Morgan fingerprint density at radius 3 is 2.89 bits per heavy atom. The fourth-order valence-corrected chi connectivity index (χ4v) is 1.81. The van der Waals surface area contributed by atoms with Crippen LogP contribution >= 0.6 is 0 Å². The highest BCUT2D eigenvalue weighted by Crippen LogP contribution is 2.20. The van der Waals surface area contributed by atoms with Gasteiger partial charge in [-0.3, -0.25) is 0 Å². The minimum atomic E-state index is 0.557. The lowest BCUT2D eigenvalue weighted by Gasteiger charge is -2.05. The van der Waals surface area contributed by atoms with Gasteiger partial charge in [-0.25, -0.2) is 4.98 Å². The molecule has 2 heterocycles. The van der Waals surface area contributed by atoms with Gasteiger partial charge in [-0.05, 0) is 36.4 Å². The number of aromatic amines is 1. The summed E-state index contributed by atoms with van der Waals surface area (Å²) in [7, 11) is 0. The Balaban J connectivity index is 1.88. The molecule has 4 nitrogen and oxygen atoms in total. The number of aromatic nitrogens is 2. The Morgan fingerprint density at radius 1 is 1.17 bits per heavy atom. The zero-order valence-electron chi connectivity index (χ0n) is 9.51. The minimum Gasteiger partial charge on any atom is -0.361 e. The SMILES string of the molecule is N#Cc1ccc(Nc2ccc3[nH]ccc3c2)nc1. The lowest BCUT2D eigenvalue weighted by molar-refractivity contribution is 1.29. The van der Waals surface area contributed by atoms with Crippen LogP contribution in [0.25, 0.3) is 10.9 Å². The predicted molar refractivity (Wildman–Crippen MR) is 70.5 cm³/mol. The molecule has 3 rings (SSSR count). The van der Waals surface area contributed by atoms with Crippen LogP contribution in [0.15, 0.2) is 48.8 Å². The van der Waals surface area contributed by atoms with Crippen LogP contribution in [0.5, 0.6) is 0 Å². The van der Waals surface area contributed by atoms with E-state index in [1.165, 1.54) is 0 Å². The lowest BCUT2D eigenvalue weighted by Crippen LogP contribution is -1.93. The van der Waals surface area contributed by atoms with Crippen molar-refractivity contribution in [1.29, 1.82) is 5.26 Å². The first-order valence-electron chi connectivity index (χ1n) is 5.55. The van der Waals surface area contributed by atoms with Gasteiger partial charge in [-0.2, -0.15) is 5.26 Å². The standard InChI is InChI=1S/C14H10N4/c15-8-10-1-4-14(17-9-10)18-12-2-3-13-11(7-12)5-6-16-13/h1-7,9,16H,(H,17,18). The molecule has 2 N–H and O–H groups in total. The van der Waals surface area contributed by atoms with E-state index < -0.39 is 0 Å². The molecule has 18 heavy (non-hydrogen) atoms. The van der Waals surface area contributed by atoms with Crippen LogP contribution in [0.2, 0.25) is 0 Å². The molecule has 2 aromatic heterocycles. The molecule has 0 amide bonds. The van der Waals surface area contributed by atoms with Crippen LogP contribution in [0.4, 0.5) is 11.5 Å². The van der Waals surface area contributed by atoms with Crippen LogP contribution in [-0.4, -0.2) is 9.97 Å². The van der Waals surface area contributed by atoms with Crippen molar-refractivity contribution in [3.8, 4) is 6.07 Å². The highest BCUT2D eigenvalue weighted by Gasteiger charge is 1.99. The number of hydrogen-bond acceptors (Lipinski definition) is 3. The summed E-state index contributed by atoms with van der Waals surface area (Å²) in [5, 5.41) is 13.0. The summed E-state index contributed by atoms with van der Waals surface area (Å²) >= 11 is 0. The molecule has 0 aliphatic carbocycles. The van der Waals surface area contributed by atoms with Crippen molar-refractivity contribution in [1.82, 2.24) is 9.97 Å². The normalized spacial score (nSPS) is 10.2. The zero-order valence-corrected chi connectivity index (χ0v) is 9.51. The number of pyridine rings is 1. The van der Waals surface area contributed by atoms with Crippen molar-refractivity contribution in [2.75, 3.05) is 5.32 Å². The maximum atomic E-state index is 8.70. The molecule has 3 aromatic rings. The summed E-state index contributed by atoms with van der Waals surface area (Å²) in [5.74, 6) is 0.726. The molecule has 4 heteroatoms. The average Bonchev–Trinajstić information content (AvgIpc) is 2.87. The molecule has 0 aliphatic heterocycles. The van der Waals surface area contributed by atoms with Gasteiger partial charge in [0.1, 0.15) is 11.9 Å². The maximum absolute atomic E-state index is 8.70. The summed E-state index contributed by atoms with van der Waals surface area (Å²) in [5.41, 5.74) is 2.63. The van der Waals surface area contributed by atoms with Gasteiger partial charge < -0.3 is 10.3 Å². The highest BCUT2D eigenvalue weighted by molar-refractivity contribution is 5.83. The second kappa shape index (κ2) is 4.22. The van der Waals surface area contributed by atoms with Gasteiger partial charge >= 0.3 is 0 Å². The summed E-state index contributed by atoms with van der Waals surface area (Å²) in [6.07, 6.45) is 3.46. The molecule has 1 aromatic carbocycles. The van der Waals surface area contributed by atoms with E-state index in [1.54, 1.807) is 18.3 Å². The Kier molecular flexibility index (Phi) is 2.43. The van der Waals surface area contributed by atoms with Crippen molar-refractivity contribution in [2.24, 2.45) is 0 Å². The van der Waals surface area contributed by atoms with Crippen LogP contribution in [0, 0.1) is 11.3 Å². The Bertz CT molecular complexity index is 719. The molecule has 0 atom stereocenters. The molecule has 0 saturated carbocycles. The van der Waals surface area contributed by atoms with Crippen molar-refractivity contribution >= 4 is 22.4 Å². The second-order valence-electron chi connectivity index (χ2n) is 3.95. The molecule has 0 aliphatic rings. The topological polar surface area (TPSA) is 64.5 Å². The van der Waals surface area contributed by atoms with E-state index in [1.807, 2.05) is 36.5 Å². The van der Waals surface area contributed by atoms with Gasteiger partial charge in [0.2, 0.25) is 0 Å². The number of benzene rings is 1. The average molecular weight is 234 g/mol. The Morgan fingerprint density at radius 2 is 2.11 bits per heavy atom. The molecule has 86 valence electrons. The van der Waals surface area contributed by atoms with E-state index in [0.717, 1.165) is 22.4 Å². The molecular weight excluding hydrogens is 224 g/mol. The zero-order chi connectivity index (χ0) is 12.4. The van der Waals surface area contributed by atoms with Crippen molar-refractivity contribution in [2.45, 2.75) is 0 Å². The van der Waals surface area contributed by atoms with Crippen LogP contribution in [0.1, 0.15) is 5.56 Å². The van der Waals surface area contributed by atoms with E-state index in [-0.39, 0.29) is 0 Å². The number of rotatable bonds is 2. The lowest BCUT2D eigenvalue weighted by atomic mass is 10.2. The molecule has 0 spiro atoms. The number of nitrogens with zero attached hydrogens (tertiary/aromatic N) is 2. The number of nitrogens with one attached hydrogen (secondary N) is 2. The van der Waals surface area contributed by atoms with Gasteiger partial charge in [0.25, 0.3) is 0 Å². The quantitative estimate of drug-likeness (QED) is 0.715. The largest absolute Gasteiger partial charge is 0.361 e. The Hall–Kier alpha value is -2.80. The fraction of sp³-hybridized carbons (Fsp3) is 0. The number of anilines is 2. The maximum Gasteiger partial charge on any atom is 0.130 e. The summed E-state index contributed by atoms with van der Waals surface area (Å²) < 4.78 is 0. The molecular formula is C14H10N4. The highest BCUT2D eigenvalue weighted by atomic mass is 15.0. The third-order valence-electron chi connectivity index (χ3n) is 2.72. The van der Waals surface area contributed by atoms with Gasteiger partial charge in [-0.15, -0.1) is 0 Å². The van der Waals surface area contributed by atoms with Crippen LogP contribution < -0.4 is 5.32 Å². The molecule has 0 fully saturated rings. The summed E-state index contributed by atoms with van der Waals surface area (Å²) in [4.78, 5) is 7.32. The van der Waals surface area contributed by atoms with E-state index in [9.17, 15) is 0 Å². The molecule has 0 unspecified atom stereocenters. The van der Waals surface area contributed by atoms with E-state index in [2.05, 4.69) is 15.3 Å². The summed E-state index contributed by atoms with van der Waals surface area (Å²) in [6, 6.07) is 13.6. The first-order chi connectivity index (χ1) is 8.85. The monoisotopic (exact) mass is 234 g/mol. The second-order valence-corrected chi connectivity index (χ2v) is 3.95.